The van der Waals surface area contributed by atoms with E-state index >= 15 is 0 Å². The summed E-state index contributed by atoms with van der Waals surface area (Å²) < 4.78 is 10.9. The van der Waals surface area contributed by atoms with E-state index in [0.29, 0.717) is 17.6 Å². The highest BCUT2D eigenvalue weighted by molar-refractivity contribution is 6.26. The maximum Gasteiger partial charge on any atom is 0.238 e. The van der Waals surface area contributed by atoms with E-state index in [1.54, 1.807) is 0 Å². The molecule has 0 aliphatic rings. The van der Waals surface area contributed by atoms with Gasteiger partial charge in [0.05, 0.1) is 22.1 Å². The van der Waals surface area contributed by atoms with E-state index in [1.807, 2.05) is 48.5 Å². The van der Waals surface area contributed by atoms with E-state index in [9.17, 15) is 0 Å². The zero-order chi connectivity index (χ0) is 37.5. The van der Waals surface area contributed by atoms with Crippen LogP contribution in [0.2, 0.25) is 0 Å². The lowest BCUT2D eigenvalue weighted by molar-refractivity contribution is 0.669. The number of aromatic nitrogens is 5. The Hall–Kier alpha value is -7.83. The minimum Gasteiger partial charge on any atom is -0.456 e. The molecule has 12 rings (SSSR count). The smallest absolute Gasteiger partial charge is 0.238 e. The van der Waals surface area contributed by atoms with Crippen molar-refractivity contribution in [2.24, 2.45) is 0 Å². The molecule has 0 N–H and O–H groups in total. The van der Waals surface area contributed by atoms with Gasteiger partial charge >= 0.3 is 0 Å². The third kappa shape index (κ3) is 4.87. The van der Waals surface area contributed by atoms with Crippen LogP contribution in [-0.2, 0) is 0 Å². The molecule has 6 heteroatoms. The lowest BCUT2D eigenvalue weighted by atomic mass is 10.0. The summed E-state index contributed by atoms with van der Waals surface area (Å²) in [5.74, 6) is 1.82. The van der Waals surface area contributed by atoms with Crippen molar-refractivity contribution in [3.63, 3.8) is 0 Å². The van der Waals surface area contributed by atoms with Crippen LogP contribution < -0.4 is 0 Å². The van der Waals surface area contributed by atoms with Crippen LogP contribution in [0.3, 0.4) is 0 Å². The van der Waals surface area contributed by atoms with Crippen LogP contribution in [0.25, 0.3) is 111 Å². The van der Waals surface area contributed by atoms with Crippen molar-refractivity contribution in [1.82, 2.24) is 24.1 Å². The molecule has 0 fully saturated rings. The Kier molecular flexibility index (Phi) is 6.83. The van der Waals surface area contributed by atoms with Crippen molar-refractivity contribution in [2.75, 3.05) is 0 Å². The predicted molar refractivity (Wildman–Crippen MR) is 232 cm³/mol. The fourth-order valence-electron chi connectivity index (χ4n) is 8.62. The van der Waals surface area contributed by atoms with E-state index in [2.05, 4.69) is 149 Å². The third-order valence-corrected chi connectivity index (χ3v) is 11.2. The summed E-state index contributed by atoms with van der Waals surface area (Å²) in [5.41, 5.74) is 11.2. The number of hydrogen-bond donors (Lipinski definition) is 0. The molecule has 6 nitrogen and oxygen atoms in total. The zero-order valence-corrected chi connectivity index (χ0v) is 30.5. The highest BCUT2D eigenvalue weighted by Gasteiger charge is 2.23. The molecule has 0 amide bonds. The summed E-state index contributed by atoms with van der Waals surface area (Å²) >= 11 is 0. The second-order valence-corrected chi connectivity index (χ2v) is 14.4. The van der Waals surface area contributed by atoms with Crippen LogP contribution in [0, 0.1) is 0 Å². The van der Waals surface area contributed by atoms with Gasteiger partial charge in [0.2, 0.25) is 5.95 Å². The number of para-hydroxylation sites is 3. The summed E-state index contributed by atoms with van der Waals surface area (Å²) in [5, 5.41) is 6.81. The van der Waals surface area contributed by atoms with Gasteiger partial charge in [-0.05, 0) is 59.7 Å². The molecule has 4 heterocycles. The van der Waals surface area contributed by atoms with Crippen LogP contribution in [0.15, 0.2) is 192 Å². The maximum absolute atomic E-state index is 6.29. The summed E-state index contributed by atoms with van der Waals surface area (Å²) in [7, 11) is 0. The standard InChI is InChI=1S/C51H31N5O/c1-3-14-32(15-4-1)49-52-50(33-16-5-2-6-17-33)54-51(53-49)56-42-23-10-7-20-37(42)40-28-29-44-47(48(40)56)41-22-8-11-24-43(41)55(44)36-19-13-18-34(30-36)35-26-27-39-38-21-9-12-25-45(38)57-46(39)31-35/h1-31H. The van der Waals surface area contributed by atoms with Crippen LogP contribution in [0.4, 0.5) is 0 Å². The van der Waals surface area contributed by atoms with E-state index in [-0.39, 0.29) is 0 Å². The van der Waals surface area contributed by atoms with E-state index in [4.69, 9.17) is 19.4 Å². The Bertz CT molecular complexity index is 3470. The Morgan fingerprint density at radius 1 is 0.351 bits per heavy atom. The average molecular weight is 730 g/mol. The number of benzene rings is 8. The Morgan fingerprint density at radius 3 is 1.68 bits per heavy atom. The van der Waals surface area contributed by atoms with E-state index in [1.165, 1.54) is 0 Å². The fraction of sp³-hybridized carbons (Fsp3) is 0. The van der Waals surface area contributed by atoms with Crippen LogP contribution >= 0.6 is 0 Å². The summed E-state index contributed by atoms with van der Waals surface area (Å²) in [6.45, 7) is 0. The van der Waals surface area contributed by atoms with Crippen LogP contribution in [0.5, 0.6) is 0 Å². The molecule has 4 aromatic heterocycles. The van der Waals surface area contributed by atoms with Crippen molar-refractivity contribution in [3.8, 4) is 45.5 Å². The van der Waals surface area contributed by atoms with Gasteiger partial charge in [-0.15, -0.1) is 0 Å². The lowest BCUT2D eigenvalue weighted by Gasteiger charge is -2.12. The molecule has 0 radical (unpaired) electrons. The van der Waals surface area contributed by atoms with Crippen molar-refractivity contribution < 1.29 is 4.42 Å². The largest absolute Gasteiger partial charge is 0.456 e. The number of rotatable bonds is 5. The number of furan rings is 1. The van der Waals surface area contributed by atoms with Crippen molar-refractivity contribution >= 4 is 65.6 Å². The molecular weight excluding hydrogens is 699 g/mol. The second-order valence-electron chi connectivity index (χ2n) is 14.4. The molecule has 0 spiro atoms. The first-order valence-electron chi connectivity index (χ1n) is 19.1. The van der Waals surface area contributed by atoms with Crippen LogP contribution in [-0.4, -0.2) is 24.1 Å². The monoisotopic (exact) mass is 729 g/mol. The fourth-order valence-corrected chi connectivity index (χ4v) is 8.62. The quantitative estimate of drug-likeness (QED) is 0.177. The summed E-state index contributed by atoms with van der Waals surface area (Å²) in [6.07, 6.45) is 0. The molecular formula is C51H31N5O. The van der Waals surface area contributed by atoms with Gasteiger partial charge in [0, 0.05) is 49.1 Å². The highest BCUT2D eigenvalue weighted by atomic mass is 16.3. The molecule has 12 aromatic rings. The SMILES string of the molecule is c1ccc(-c2nc(-c3ccccc3)nc(-n3c4ccccc4c4ccc5c(c6ccccc6n5-c5cccc(-c6ccc7c(c6)oc6ccccc67)c5)c43)n2)cc1. The van der Waals surface area contributed by atoms with Gasteiger partial charge in [0.15, 0.2) is 11.6 Å². The molecule has 266 valence electrons. The number of hydrogen-bond acceptors (Lipinski definition) is 4. The molecule has 0 saturated carbocycles. The van der Waals surface area contributed by atoms with E-state index in [0.717, 1.165) is 93.5 Å². The first-order chi connectivity index (χ1) is 28.3. The molecule has 8 aromatic carbocycles. The topological polar surface area (TPSA) is 61.7 Å². The minimum atomic E-state index is 0.571. The molecule has 0 aliphatic heterocycles. The highest BCUT2D eigenvalue weighted by Crippen LogP contribution is 2.42. The maximum atomic E-state index is 6.29. The summed E-state index contributed by atoms with van der Waals surface area (Å²) in [4.78, 5) is 15.5. The van der Waals surface area contributed by atoms with Gasteiger partial charge in [-0.3, -0.25) is 4.57 Å². The second kappa shape index (κ2) is 12.3. The number of fused-ring (bicyclic) bond motifs is 10. The average Bonchev–Trinajstić information content (AvgIpc) is 3.94. The normalized spacial score (nSPS) is 11.9. The van der Waals surface area contributed by atoms with Crippen molar-refractivity contribution in [3.05, 3.63) is 188 Å². The predicted octanol–water partition coefficient (Wildman–Crippen LogP) is 13.0. The first kappa shape index (κ1) is 31.5. The Labute approximate surface area is 326 Å². The number of nitrogens with zero attached hydrogens (tertiary/aromatic N) is 5. The van der Waals surface area contributed by atoms with Gasteiger partial charge in [-0.1, -0.05) is 140 Å². The van der Waals surface area contributed by atoms with Gasteiger partial charge in [-0.25, -0.2) is 4.98 Å². The van der Waals surface area contributed by atoms with E-state index < -0.39 is 0 Å². The lowest BCUT2D eigenvalue weighted by Crippen LogP contribution is -2.06. The van der Waals surface area contributed by atoms with Crippen molar-refractivity contribution in [2.45, 2.75) is 0 Å². The molecule has 0 bridgehead atoms. The molecule has 0 aliphatic carbocycles. The zero-order valence-electron chi connectivity index (χ0n) is 30.5. The van der Waals surface area contributed by atoms with Gasteiger partial charge in [-0.2, -0.15) is 9.97 Å². The molecule has 0 saturated heterocycles. The van der Waals surface area contributed by atoms with Gasteiger partial charge in [0.1, 0.15) is 11.2 Å². The van der Waals surface area contributed by atoms with Crippen molar-refractivity contribution in [1.29, 1.82) is 0 Å². The Morgan fingerprint density at radius 2 is 0.930 bits per heavy atom. The molecule has 0 atom stereocenters. The Balaban J connectivity index is 1.12. The third-order valence-electron chi connectivity index (χ3n) is 11.2. The minimum absolute atomic E-state index is 0.571. The van der Waals surface area contributed by atoms with Gasteiger partial charge < -0.3 is 8.98 Å². The van der Waals surface area contributed by atoms with Crippen LogP contribution in [0.1, 0.15) is 0 Å². The van der Waals surface area contributed by atoms with Gasteiger partial charge in [0.25, 0.3) is 0 Å². The molecule has 0 unspecified atom stereocenters. The first-order valence-corrected chi connectivity index (χ1v) is 19.1. The molecule has 57 heavy (non-hydrogen) atoms. The summed E-state index contributed by atoms with van der Waals surface area (Å²) in [6, 6.07) is 65.6.